The van der Waals surface area contributed by atoms with Crippen LogP contribution in [0.25, 0.3) is 22.0 Å². The molecule has 0 aliphatic heterocycles. The van der Waals surface area contributed by atoms with Gasteiger partial charge in [0.25, 0.3) is 5.91 Å². The Labute approximate surface area is 128 Å². The number of carbonyl (C=O) groups is 1. The number of nitrogens with two attached hydrogens (primary N) is 1. The number of aryl methyl sites for hydroxylation is 1. The van der Waals surface area contributed by atoms with Gasteiger partial charge in [-0.1, -0.05) is 6.07 Å². The van der Waals surface area contributed by atoms with Crippen molar-refractivity contribution in [2.24, 2.45) is 5.73 Å². The molecule has 0 radical (unpaired) electrons. The molecule has 0 saturated carbocycles. The van der Waals surface area contributed by atoms with Gasteiger partial charge < -0.3 is 5.73 Å². The fraction of sp³-hybridized carbons (Fsp3) is 0.133. The highest BCUT2D eigenvalue weighted by atomic mass is 19.4. The number of amides is 1. The molecule has 0 spiro atoms. The summed E-state index contributed by atoms with van der Waals surface area (Å²) in [6.07, 6.45) is -3.03. The van der Waals surface area contributed by atoms with Crippen LogP contribution in [0.5, 0.6) is 0 Å². The second-order valence-electron chi connectivity index (χ2n) is 5.05. The van der Waals surface area contributed by atoms with E-state index in [1.54, 1.807) is 6.92 Å². The first-order chi connectivity index (χ1) is 10.8. The number of aromatic nitrogens is 3. The van der Waals surface area contributed by atoms with Gasteiger partial charge in [-0.05, 0) is 30.7 Å². The highest BCUT2D eigenvalue weighted by molar-refractivity contribution is 5.96. The molecule has 1 amide bonds. The summed E-state index contributed by atoms with van der Waals surface area (Å²) in [7, 11) is 0. The van der Waals surface area contributed by atoms with E-state index in [1.807, 2.05) is 0 Å². The van der Waals surface area contributed by atoms with E-state index in [4.69, 9.17) is 5.73 Å². The Hall–Kier alpha value is -2.90. The molecular weight excluding hydrogens is 309 g/mol. The number of alkyl halides is 3. The van der Waals surface area contributed by atoms with Gasteiger partial charge in [0, 0.05) is 16.6 Å². The first kappa shape index (κ1) is 15.0. The minimum Gasteiger partial charge on any atom is -0.364 e. The second-order valence-corrected chi connectivity index (χ2v) is 5.05. The SMILES string of the molecule is Cc1nc(C(N)=O)ccc1-c1cc(C(F)(F)F)cc2[nH]ncc12. The third-order valence-corrected chi connectivity index (χ3v) is 3.51. The number of aromatic amines is 1. The van der Waals surface area contributed by atoms with E-state index in [-0.39, 0.29) is 11.2 Å². The quantitative estimate of drug-likeness (QED) is 0.761. The molecule has 0 aliphatic carbocycles. The number of nitrogens with zero attached hydrogens (tertiary/aromatic N) is 2. The van der Waals surface area contributed by atoms with Gasteiger partial charge in [-0.3, -0.25) is 9.89 Å². The molecule has 5 nitrogen and oxygen atoms in total. The van der Waals surface area contributed by atoms with Crippen molar-refractivity contribution in [3.05, 3.63) is 47.4 Å². The fourth-order valence-electron chi connectivity index (χ4n) is 2.42. The van der Waals surface area contributed by atoms with Crippen LogP contribution in [0.3, 0.4) is 0 Å². The number of rotatable bonds is 2. The highest BCUT2D eigenvalue weighted by Crippen LogP contribution is 2.37. The van der Waals surface area contributed by atoms with Crippen LogP contribution in [-0.4, -0.2) is 21.1 Å². The number of hydrogen-bond donors (Lipinski definition) is 2. The number of pyridine rings is 1. The predicted molar refractivity (Wildman–Crippen MR) is 77.6 cm³/mol. The maximum Gasteiger partial charge on any atom is 0.416 e. The van der Waals surface area contributed by atoms with E-state index in [0.29, 0.717) is 22.2 Å². The van der Waals surface area contributed by atoms with Crippen LogP contribution in [0.1, 0.15) is 21.7 Å². The maximum atomic E-state index is 13.1. The Morgan fingerprint density at radius 3 is 2.57 bits per heavy atom. The molecule has 0 atom stereocenters. The summed E-state index contributed by atoms with van der Waals surface area (Å²) in [5.41, 5.74) is 5.92. The minimum absolute atomic E-state index is 0.0571. The Kier molecular flexibility index (Phi) is 3.32. The van der Waals surface area contributed by atoms with Crippen LogP contribution in [0.2, 0.25) is 0 Å². The normalized spacial score (nSPS) is 11.8. The Morgan fingerprint density at radius 2 is 1.96 bits per heavy atom. The Balaban J connectivity index is 2.27. The van der Waals surface area contributed by atoms with E-state index in [9.17, 15) is 18.0 Å². The lowest BCUT2D eigenvalue weighted by Gasteiger charge is -2.12. The predicted octanol–water partition coefficient (Wildman–Crippen LogP) is 3.05. The van der Waals surface area contributed by atoms with Crippen LogP contribution in [0.4, 0.5) is 13.2 Å². The molecule has 0 bridgehead atoms. The van der Waals surface area contributed by atoms with Crippen LogP contribution in [0.15, 0.2) is 30.5 Å². The summed E-state index contributed by atoms with van der Waals surface area (Å²) in [6, 6.07) is 4.97. The zero-order valence-electron chi connectivity index (χ0n) is 11.9. The largest absolute Gasteiger partial charge is 0.416 e. The number of fused-ring (bicyclic) bond motifs is 1. The molecule has 0 aliphatic rings. The molecule has 0 fully saturated rings. The average Bonchev–Trinajstić information content (AvgIpc) is 2.93. The van der Waals surface area contributed by atoms with Crippen LogP contribution >= 0.6 is 0 Å². The van der Waals surface area contributed by atoms with E-state index < -0.39 is 17.6 Å². The summed E-state index contributed by atoms with van der Waals surface area (Å²) in [5.74, 6) is -0.697. The molecule has 0 unspecified atom stereocenters. The number of carbonyl (C=O) groups excluding carboxylic acids is 1. The minimum atomic E-state index is -4.48. The number of halogens is 3. The number of benzene rings is 1. The summed E-state index contributed by atoms with van der Waals surface area (Å²) in [5, 5.41) is 6.88. The molecule has 1 aromatic carbocycles. The van der Waals surface area contributed by atoms with Gasteiger partial charge in [-0.15, -0.1) is 0 Å². The molecule has 8 heteroatoms. The van der Waals surface area contributed by atoms with Crippen molar-refractivity contribution in [1.29, 1.82) is 0 Å². The molecule has 3 N–H and O–H groups in total. The lowest BCUT2D eigenvalue weighted by atomic mass is 9.97. The van der Waals surface area contributed by atoms with Gasteiger partial charge in [0.2, 0.25) is 0 Å². The van der Waals surface area contributed by atoms with E-state index in [0.717, 1.165) is 12.1 Å². The van der Waals surface area contributed by atoms with Crippen molar-refractivity contribution >= 4 is 16.8 Å². The molecule has 2 aromatic heterocycles. The van der Waals surface area contributed by atoms with Gasteiger partial charge in [0.15, 0.2) is 0 Å². The van der Waals surface area contributed by atoms with E-state index in [1.165, 1.54) is 18.3 Å². The Morgan fingerprint density at radius 1 is 1.22 bits per heavy atom. The van der Waals surface area contributed by atoms with Crippen molar-refractivity contribution in [2.45, 2.75) is 13.1 Å². The van der Waals surface area contributed by atoms with Gasteiger partial charge in [-0.25, -0.2) is 4.98 Å². The Bertz CT molecular complexity index is 915. The molecule has 23 heavy (non-hydrogen) atoms. The van der Waals surface area contributed by atoms with Gasteiger partial charge in [-0.2, -0.15) is 18.3 Å². The summed E-state index contributed by atoms with van der Waals surface area (Å²) >= 11 is 0. The van der Waals surface area contributed by atoms with Crippen molar-refractivity contribution < 1.29 is 18.0 Å². The van der Waals surface area contributed by atoms with Crippen molar-refractivity contribution in [3.63, 3.8) is 0 Å². The lowest BCUT2D eigenvalue weighted by molar-refractivity contribution is -0.137. The van der Waals surface area contributed by atoms with Crippen molar-refractivity contribution in [1.82, 2.24) is 15.2 Å². The van der Waals surface area contributed by atoms with Gasteiger partial charge >= 0.3 is 6.18 Å². The molecule has 3 aromatic rings. The first-order valence-corrected chi connectivity index (χ1v) is 6.59. The van der Waals surface area contributed by atoms with E-state index in [2.05, 4.69) is 15.2 Å². The van der Waals surface area contributed by atoms with Gasteiger partial charge in [0.1, 0.15) is 5.69 Å². The van der Waals surface area contributed by atoms with Crippen molar-refractivity contribution in [2.75, 3.05) is 0 Å². The third-order valence-electron chi connectivity index (χ3n) is 3.51. The van der Waals surface area contributed by atoms with Crippen LogP contribution < -0.4 is 5.73 Å². The van der Waals surface area contributed by atoms with Crippen LogP contribution in [-0.2, 0) is 6.18 Å². The zero-order chi connectivity index (χ0) is 16.8. The standard InChI is InChI=1S/C15H11F3N4O/c1-7-9(2-3-12(21-7)14(19)23)10-4-8(15(16,17)18)5-13-11(10)6-20-22-13/h2-6H,1H3,(H2,19,23)(H,20,22). The number of nitrogens with one attached hydrogen (secondary N) is 1. The number of H-pyrrole nitrogens is 1. The topological polar surface area (TPSA) is 84.7 Å². The molecular formula is C15H11F3N4O. The molecule has 3 rings (SSSR count). The third kappa shape index (κ3) is 2.63. The van der Waals surface area contributed by atoms with Crippen LogP contribution in [0, 0.1) is 6.92 Å². The molecule has 2 heterocycles. The average molecular weight is 320 g/mol. The number of hydrogen-bond acceptors (Lipinski definition) is 3. The summed E-state index contributed by atoms with van der Waals surface area (Å²) in [6.45, 7) is 1.61. The monoisotopic (exact) mass is 320 g/mol. The van der Waals surface area contributed by atoms with E-state index >= 15 is 0 Å². The summed E-state index contributed by atoms with van der Waals surface area (Å²) in [4.78, 5) is 15.2. The van der Waals surface area contributed by atoms with Crippen molar-refractivity contribution in [3.8, 4) is 11.1 Å². The molecule has 0 saturated heterocycles. The summed E-state index contributed by atoms with van der Waals surface area (Å²) < 4.78 is 39.2. The number of primary amides is 1. The highest BCUT2D eigenvalue weighted by Gasteiger charge is 2.32. The lowest BCUT2D eigenvalue weighted by Crippen LogP contribution is -2.13. The van der Waals surface area contributed by atoms with Gasteiger partial charge in [0.05, 0.1) is 17.3 Å². The fourth-order valence-corrected chi connectivity index (χ4v) is 2.42. The molecule has 118 valence electrons. The zero-order valence-corrected chi connectivity index (χ0v) is 11.9. The smallest absolute Gasteiger partial charge is 0.364 e. The maximum absolute atomic E-state index is 13.1. The first-order valence-electron chi connectivity index (χ1n) is 6.59. The second kappa shape index (κ2) is 5.08.